The first kappa shape index (κ1) is 37.2. The lowest BCUT2D eigenvalue weighted by atomic mass is 10.0. The molecule has 40 heavy (non-hydrogen) atoms. The van der Waals surface area contributed by atoms with Crippen LogP contribution >= 0.6 is 0 Å². The molecule has 0 spiro atoms. The van der Waals surface area contributed by atoms with Gasteiger partial charge in [0.2, 0.25) is 6.33 Å². The Morgan fingerprint density at radius 1 is 0.375 bits per heavy atom. The van der Waals surface area contributed by atoms with Gasteiger partial charge in [-0.1, -0.05) is 187 Å². The molecule has 0 aliphatic rings. The van der Waals surface area contributed by atoms with Crippen LogP contribution < -0.4 is 4.57 Å². The number of rotatable bonds is 33. The van der Waals surface area contributed by atoms with Crippen molar-refractivity contribution in [1.29, 1.82) is 0 Å². The van der Waals surface area contributed by atoms with E-state index in [9.17, 15) is 0 Å². The van der Waals surface area contributed by atoms with Crippen molar-refractivity contribution < 1.29 is 4.57 Å². The molecule has 1 aromatic rings. The molecule has 0 amide bonds. The molecule has 0 aliphatic carbocycles. The molecule has 0 aromatic carbocycles. The summed E-state index contributed by atoms with van der Waals surface area (Å²) in [6.45, 7) is 7.01. The summed E-state index contributed by atoms with van der Waals surface area (Å²) in [5.74, 6) is 0. The van der Waals surface area contributed by atoms with Gasteiger partial charge in [0.05, 0.1) is 13.1 Å². The third-order valence-corrected chi connectivity index (χ3v) is 9.04. The fourth-order valence-corrected chi connectivity index (χ4v) is 6.21. The third-order valence-electron chi connectivity index (χ3n) is 9.04. The average molecular weight is 560 g/mol. The molecule has 0 N–H and O–H groups in total. The van der Waals surface area contributed by atoms with Gasteiger partial charge in [-0.25, -0.2) is 9.13 Å². The Labute approximate surface area is 253 Å². The Kier molecular flexibility index (Phi) is 29.0. The molecule has 0 unspecified atom stereocenters. The standard InChI is InChI=1S/C38H75N2/c1-3-5-7-9-11-13-15-17-19-20-21-23-25-27-29-31-33-35-40-37-36-39(38-40)34-32-30-28-26-24-22-18-16-14-12-10-8-6-4-2/h36-38H,3-35H2,1-2H3/q+1. The van der Waals surface area contributed by atoms with Crippen LogP contribution in [0.4, 0.5) is 0 Å². The second-order valence-electron chi connectivity index (χ2n) is 13.1. The molecule has 0 saturated carbocycles. The Balaban J connectivity index is 1.78. The monoisotopic (exact) mass is 560 g/mol. The summed E-state index contributed by atoms with van der Waals surface area (Å²) in [6.07, 6.45) is 51.7. The highest BCUT2D eigenvalue weighted by molar-refractivity contribution is 4.66. The van der Waals surface area contributed by atoms with E-state index in [1.807, 2.05) is 0 Å². The highest BCUT2D eigenvalue weighted by atomic mass is 15.1. The second-order valence-corrected chi connectivity index (χ2v) is 13.1. The first-order valence-corrected chi connectivity index (χ1v) is 18.9. The van der Waals surface area contributed by atoms with E-state index < -0.39 is 0 Å². The number of aryl methyl sites for hydroxylation is 2. The van der Waals surface area contributed by atoms with Crippen molar-refractivity contribution in [2.45, 2.75) is 226 Å². The second kappa shape index (κ2) is 31.2. The van der Waals surface area contributed by atoms with E-state index in [1.54, 1.807) is 0 Å². The average Bonchev–Trinajstić information content (AvgIpc) is 3.42. The normalized spacial score (nSPS) is 11.6. The molecule has 1 rings (SSSR count). The van der Waals surface area contributed by atoms with Gasteiger partial charge in [0.25, 0.3) is 0 Å². The van der Waals surface area contributed by atoms with Crippen molar-refractivity contribution in [3.8, 4) is 0 Å². The van der Waals surface area contributed by atoms with Gasteiger partial charge in [-0.2, -0.15) is 0 Å². The molecular weight excluding hydrogens is 484 g/mol. The van der Waals surface area contributed by atoms with E-state index in [2.05, 4.69) is 41.7 Å². The lowest BCUT2D eigenvalue weighted by Gasteiger charge is -2.03. The molecule has 2 nitrogen and oxygen atoms in total. The molecule has 236 valence electrons. The summed E-state index contributed by atoms with van der Waals surface area (Å²) >= 11 is 0. The predicted octanol–water partition coefficient (Wildman–Crippen LogP) is 12.9. The van der Waals surface area contributed by atoms with Crippen LogP contribution in [0.15, 0.2) is 18.7 Å². The van der Waals surface area contributed by atoms with E-state index in [1.165, 1.54) is 212 Å². The van der Waals surface area contributed by atoms with Gasteiger partial charge >= 0.3 is 0 Å². The van der Waals surface area contributed by atoms with Gasteiger partial charge < -0.3 is 0 Å². The first-order chi connectivity index (χ1) is 19.9. The maximum atomic E-state index is 2.41. The van der Waals surface area contributed by atoms with Gasteiger partial charge in [-0.15, -0.1) is 0 Å². The zero-order valence-electron chi connectivity index (χ0n) is 28.0. The zero-order valence-corrected chi connectivity index (χ0v) is 28.0. The Bertz CT molecular complexity index is 592. The lowest BCUT2D eigenvalue weighted by molar-refractivity contribution is -0.696. The molecule has 0 aliphatic heterocycles. The molecule has 0 radical (unpaired) electrons. The lowest BCUT2D eigenvalue weighted by Crippen LogP contribution is -2.30. The van der Waals surface area contributed by atoms with Crippen LogP contribution in [0.25, 0.3) is 0 Å². The topological polar surface area (TPSA) is 8.81 Å². The largest absolute Gasteiger partial charge is 0.243 e. The zero-order chi connectivity index (χ0) is 28.6. The van der Waals surface area contributed by atoms with E-state index >= 15 is 0 Å². The molecule has 0 bridgehead atoms. The summed E-state index contributed by atoms with van der Waals surface area (Å²) in [7, 11) is 0. The molecule has 0 saturated heterocycles. The van der Waals surface area contributed by atoms with E-state index in [-0.39, 0.29) is 0 Å². The van der Waals surface area contributed by atoms with Crippen molar-refractivity contribution in [2.75, 3.05) is 0 Å². The minimum absolute atomic E-state index is 1.20. The van der Waals surface area contributed by atoms with Crippen LogP contribution in [0, 0.1) is 0 Å². The molecule has 0 atom stereocenters. The number of nitrogens with zero attached hydrogens (tertiary/aromatic N) is 2. The van der Waals surface area contributed by atoms with Gasteiger partial charge in [-0.3, -0.25) is 0 Å². The van der Waals surface area contributed by atoms with Gasteiger partial charge in [0.1, 0.15) is 12.4 Å². The maximum Gasteiger partial charge on any atom is 0.243 e. The minimum Gasteiger partial charge on any atom is -0.237 e. The van der Waals surface area contributed by atoms with Crippen LogP contribution in [0.3, 0.4) is 0 Å². The van der Waals surface area contributed by atoms with Crippen LogP contribution in [0.5, 0.6) is 0 Å². The van der Waals surface area contributed by atoms with Crippen LogP contribution in [0.2, 0.25) is 0 Å². The molecule has 0 fully saturated rings. The van der Waals surface area contributed by atoms with Crippen molar-refractivity contribution >= 4 is 0 Å². The van der Waals surface area contributed by atoms with Gasteiger partial charge in [0.15, 0.2) is 0 Å². The van der Waals surface area contributed by atoms with Crippen molar-refractivity contribution in [1.82, 2.24) is 4.57 Å². The summed E-state index contributed by atoms with van der Waals surface area (Å²) in [5.41, 5.74) is 0. The van der Waals surface area contributed by atoms with Gasteiger partial charge in [-0.05, 0) is 25.7 Å². The minimum atomic E-state index is 1.20. The fraction of sp³-hybridized carbons (Fsp3) is 0.921. The summed E-state index contributed by atoms with van der Waals surface area (Å²) in [6, 6.07) is 0. The molecule has 2 heteroatoms. The Morgan fingerprint density at radius 2 is 0.675 bits per heavy atom. The number of imidazole rings is 1. The quantitative estimate of drug-likeness (QED) is 0.0598. The fourth-order valence-electron chi connectivity index (χ4n) is 6.21. The number of hydrogen-bond donors (Lipinski definition) is 0. The predicted molar refractivity (Wildman–Crippen MR) is 179 cm³/mol. The van der Waals surface area contributed by atoms with E-state index in [0.717, 1.165) is 0 Å². The van der Waals surface area contributed by atoms with E-state index in [0.29, 0.717) is 0 Å². The highest BCUT2D eigenvalue weighted by Gasteiger charge is 2.04. The van der Waals surface area contributed by atoms with Crippen molar-refractivity contribution in [3.05, 3.63) is 18.7 Å². The smallest absolute Gasteiger partial charge is 0.237 e. The summed E-state index contributed by atoms with van der Waals surface area (Å²) < 4.78 is 4.82. The molecule has 1 aromatic heterocycles. The Morgan fingerprint density at radius 3 is 1.02 bits per heavy atom. The van der Waals surface area contributed by atoms with Crippen molar-refractivity contribution in [2.24, 2.45) is 0 Å². The maximum absolute atomic E-state index is 2.41. The molecule has 1 heterocycles. The third kappa shape index (κ3) is 26.1. The van der Waals surface area contributed by atoms with Crippen molar-refractivity contribution in [3.63, 3.8) is 0 Å². The summed E-state index contributed by atoms with van der Waals surface area (Å²) in [5, 5.41) is 0. The Hall–Kier alpha value is -0.790. The molecular formula is C38H75N2+. The van der Waals surface area contributed by atoms with E-state index in [4.69, 9.17) is 0 Å². The summed E-state index contributed by atoms with van der Waals surface area (Å²) in [4.78, 5) is 0. The van der Waals surface area contributed by atoms with Gasteiger partial charge in [0, 0.05) is 0 Å². The number of unbranched alkanes of at least 4 members (excludes halogenated alkanes) is 29. The van der Waals surface area contributed by atoms with Crippen LogP contribution in [-0.2, 0) is 13.1 Å². The number of hydrogen-bond acceptors (Lipinski definition) is 0. The first-order valence-electron chi connectivity index (χ1n) is 18.9. The highest BCUT2D eigenvalue weighted by Crippen LogP contribution is 2.15. The SMILES string of the molecule is CCCCCCCCCCCCCCCCCCC[n+]1ccn(CCCCCCCCCCCCCCCC)c1. The van der Waals surface area contributed by atoms with Crippen LogP contribution in [0.1, 0.15) is 213 Å². The van der Waals surface area contributed by atoms with Crippen LogP contribution in [-0.4, -0.2) is 4.57 Å². The number of aromatic nitrogens is 2.